The zero-order valence-corrected chi connectivity index (χ0v) is 13.6. The molecule has 3 aliphatic rings. The fraction of sp³-hybridized carbons (Fsp3) is 0.647. The second-order valence-electron chi connectivity index (χ2n) is 7.45. The van der Waals surface area contributed by atoms with Crippen LogP contribution in [0.5, 0.6) is 0 Å². The van der Waals surface area contributed by atoms with Crippen molar-refractivity contribution >= 4 is 10.0 Å². The zero-order chi connectivity index (χ0) is 14.8. The quantitative estimate of drug-likeness (QED) is 0.857. The average molecular weight is 305 g/mol. The van der Waals surface area contributed by atoms with Crippen LogP contribution in [0.1, 0.15) is 43.4 Å². The first-order valence-electron chi connectivity index (χ1n) is 7.97. The predicted molar refractivity (Wildman–Crippen MR) is 83.4 cm³/mol. The third-order valence-corrected chi connectivity index (χ3v) is 7.64. The van der Waals surface area contributed by atoms with Crippen molar-refractivity contribution in [2.24, 2.45) is 17.3 Å². The fourth-order valence-corrected chi connectivity index (χ4v) is 6.38. The van der Waals surface area contributed by atoms with Crippen LogP contribution < -0.4 is 0 Å². The summed E-state index contributed by atoms with van der Waals surface area (Å²) in [6.07, 6.45) is 3.65. The molecule has 1 aromatic rings. The minimum absolute atomic E-state index is 0.0452. The number of aryl methyl sites for hydroxylation is 1. The highest BCUT2D eigenvalue weighted by molar-refractivity contribution is 7.89. The Morgan fingerprint density at radius 3 is 2.67 bits per heavy atom. The Morgan fingerprint density at radius 1 is 1.33 bits per heavy atom. The Hall–Kier alpha value is -0.870. The molecule has 1 saturated heterocycles. The first kappa shape index (κ1) is 13.8. The molecule has 2 aliphatic carbocycles. The molecule has 4 rings (SSSR count). The molecule has 3 fully saturated rings. The van der Waals surface area contributed by atoms with Crippen molar-refractivity contribution < 1.29 is 8.42 Å². The highest BCUT2D eigenvalue weighted by Gasteiger charge is 2.64. The van der Waals surface area contributed by atoms with Gasteiger partial charge < -0.3 is 0 Å². The van der Waals surface area contributed by atoms with Crippen molar-refractivity contribution in [3.8, 4) is 0 Å². The van der Waals surface area contributed by atoms with Crippen LogP contribution >= 0.6 is 0 Å². The van der Waals surface area contributed by atoms with E-state index in [0.29, 0.717) is 29.5 Å². The number of nitrogens with zero attached hydrogens (tertiary/aromatic N) is 1. The largest absolute Gasteiger partial charge is 0.214 e. The normalized spacial score (nSPS) is 33.7. The van der Waals surface area contributed by atoms with Crippen LogP contribution in [0, 0.1) is 24.2 Å². The Balaban J connectivity index is 1.54. The van der Waals surface area contributed by atoms with E-state index in [1.54, 1.807) is 4.31 Å². The van der Waals surface area contributed by atoms with Crippen LogP contribution in [-0.4, -0.2) is 25.0 Å². The molecule has 1 heterocycles. The molecule has 0 radical (unpaired) electrons. The number of hydrogen-bond donors (Lipinski definition) is 0. The maximum Gasteiger partial charge on any atom is 0.214 e. The van der Waals surface area contributed by atoms with Crippen LogP contribution in [-0.2, 0) is 10.0 Å². The van der Waals surface area contributed by atoms with Crippen LogP contribution in [0.15, 0.2) is 24.3 Å². The van der Waals surface area contributed by atoms with Crippen LogP contribution in [0.4, 0.5) is 0 Å². The van der Waals surface area contributed by atoms with E-state index >= 15 is 0 Å². The molecule has 1 aliphatic heterocycles. The minimum atomic E-state index is -3.10. The summed E-state index contributed by atoms with van der Waals surface area (Å²) in [4.78, 5) is 0. The van der Waals surface area contributed by atoms with Crippen molar-refractivity contribution in [2.75, 3.05) is 12.3 Å². The fourth-order valence-electron chi connectivity index (χ4n) is 4.07. The van der Waals surface area contributed by atoms with Crippen molar-refractivity contribution in [3.05, 3.63) is 35.4 Å². The molecule has 0 bridgehead atoms. The van der Waals surface area contributed by atoms with Crippen molar-refractivity contribution in [1.29, 1.82) is 0 Å². The van der Waals surface area contributed by atoms with Gasteiger partial charge in [-0.25, -0.2) is 8.42 Å². The van der Waals surface area contributed by atoms with Crippen molar-refractivity contribution in [1.82, 2.24) is 4.31 Å². The maximum atomic E-state index is 12.7. The van der Waals surface area contributed by atoms with E-state index in [1.165, 1.54) is 18.4 Å². The highest BCUT2D eigenvalue weighted by atomic mass is 32.2. The summed E-state index contributed by atoms with van der Waals surface area (Å²) < 4.78 is 27.2. The maximum absolute atomic E-state index is 12.7. The SMILES string of the molecule is Cc1cccc(C2C(C)CN2S(=O)(=O)CC2CC23CC3)c1. The molecule has 0 amide bonds. The minimum Gasteiger partial charge on any atom is -0.212 e. The van der Waals surface area contributed by atoms with Gasteiger partial charge in [-0.1, -0.05) is 36.8 Å². The molecule has 1 aromatic carbocycles. The summed E-state index contributed by atoms with van der Waals surface area (Å²) >= 11 is 0. The standard InChI is InChI=1S/C17H23NO2S/c1-12-4-3-5-14(8-12)16-13(2)10-18(16)21(19,20)11-15-9-17(15)6-7-17/h3-5,8,13,15-16H,6-7,9-11H2,1-2H3. The molecule has 4 heteroatoms. The predicted octanol–water partition coefficient (Wildman–Crippen LogP) is 3.12. The molecular formula is C17H23NO2S. The Kier molecular flexibility index (Phi) is 2.84. The van der Waals surface area contributed by atoms with Gasteiger partial charge in [0.05, 0.1) is 11.8 Å². The average Bonchev–Trinajstić information content (AvgIpc) is 3.28. The van der Waals surface area contributed by atoms with Gasteiger partial charge in [-0.15, -0.1) is 0 Å². The molecule has 0 aromatic heterocycles. The lowest BCUT2D eigenvalue weighted by Gasteiger charge is -2.46. The summed E-state index contributed by atoms with van der Waals surface area (Å²) in [6, 6.07) is 8.33. The lowest BCUT2D eigenvalue weighted by Crippen LogP contribution is -2.52. The van der Waals surface area contributed by atoms with E-state index in [4.69, 9.17) is 0 Å². The van der Waals surface area contributed by atoms with Crippen molar-refractivity contribution in [3.63, 3.8) is 0 Å². The van der Waals surface area contributed by atoms with Crippen LogP contribution in [0.25, 0.3) is 0 Å². The molecule has 1 spiro atoms. The van der Waals surface area contributed by atoms with Gasteiger partial charge in [-0.3, -0.25) is 0 Å². The summed E-state index contributed by atoms with van der Waals surface area (Å²) in [5.41, 5.74) is 2.81. The summed E-state index contributed by atoms with van der Waals surface area (Å²) in [5, 5.41) is 0. The summed E-state index contributed by atoms with van der Waals surface area (Å²) in [5.74, 6) is 1.23. The first-order valence-corrected chi connectivity index (χ1v) is 9.58. The number of rotatable bonds is 4. The van der Waals surface area contributed by atoms with E-state index in [1.807, 2.05) is 6.07 Å². The van der Waals surface area contributed by atoms with Crippen LogP contribution in [0.2, 0.25) is 0 Å². The molecule has 2 saturated carbocycles. The molecule has 3 unspecified atom stereocenters. The molecule has 3 nitrogen and oxygen atoms in total. The third-order valence-electron chi connectivity index (χ3n) is 5.72. The monoisotopic (exact) mass is 305 g/mol. The molecule has 114 valence electrons. The Morgan fingerprint density at radius 2 is 2.10 bits per heavy atom. The van der Waals surface area contributed by atoms with Gasteiger partial charge in [0.1, 0.15) is 0 Å². The smallest absolute Gasteiger partial charge is 0.212 e. The van der Waals surface area contributed by atoms with Gasteiger partial charge in [0, 0.05) is 6.54 Å². The third kappa shape index (κ3) is 2.23. The van der Waals surface area contributed by atoms with Gasteiger partial charge in [0.25, 0.3) is 0 Å². The Bertz CT molecular complexity index is 678. The van der Waals surface area contributed by atoms with Gasteiger partial charge in [0.15, 0.2) is 0 Å². The number of sulfonamides is 1. The van der Waals surface area contributed by atoms with Crippen LogP contribution in [0.3, 0.4) is 0 Å². The van der Waals surface area contributed by atoms with E-state index < -0.39 is 10.0 Å². The molecule has 3 atom stereocenters. The Labute approximate surface area is 127 Å². The lowest BCUT2D eigenvalue weighted by atomic mass is 9.87. The second kappa shape index (κ2) is 4.32. The molecular weight excluding hydrogens is 282 g/mol. The van der Waals surface area contributed by atoms with Gasteiger partial charge in [0.2, 0.25) is 10.0 Å². The topological polar surface area (TPSA) is 37.4 Å². The summed E-state index contributed by atoms with van der Waals surface area (Å²) in [6.45, 7) is 4.89. The first-order chi connectivity index (χ1) is 9.91. The highest BCUT2D eigenvalue weighted by Crippen LogP contribution is 2.71. The van der Waals surface area contributed by atoms with E-state index in [2.05, 4.69) is 32.0 Å². The molecule has 21 heavy (non-hydrogen) atoms. The zero-order valence-electron chi connectivity index (χ0n) is 12.7. The van der Waals surface area contributed by atoms with Gasteiger partial charge >= 0.3 is 0 Å². The lowest BCUT2D eigenvalue weighted by molar-refractivity contribution is 0.116. The number of hydrogen-bond acceptors (Lipinski definition) is 2. The van der Waals surface area contributed by atoms with E-state index in [0.717, 1.165) is 12.0 Å². The van der Waals surface area contributed by atoms with E-state index in [9.17, 15) is 8.42 Å². The van der Waals surface area contributed by atoms with Gasteiger partial charge in [-0.2, -0.15) is 4.31 Å². The van der Waals surface area contributed by atoms with Gasteiger partial charge in [-0.05, 0) is 49.0 Å². The number of benzene rings is 1. The van der Waals surface area contributed by atoms with E-state index in [-0.39, 0.29) is 6.04 Å². The second-order valence-corrected chi connectivity index (χ2v) is 9.41. The molecule has 0 N–H and O–H groups in total. The summed E-state index contributed by atoms with van der Waals surface area (Å²) in [7, 11) is -3.10. The van der Waals surface area contributed by atoms with Crippen molar-refractivity contribution in [2.45, 2.75) is 39.2 Å².